The largest absolute Gasteiger partial charge is 0.374 e. The molecule has 1 heterocycles. The number of hydrogen-bond acceptors (Lipinski definition) is 8. The fourth-order valence-corrected chi connectivity index (χ4v) is 4.33. The number of likely N-dealkylation sites (N-methyl/N-ethyl adjacent to an activating group) is 1. The van der Waals surface area contributed by atoms with E-state index >= 15 is 4.39 Å². The van der Waals surface area contributed by atoms with Crippen molar-refractivity contribution in [3.63, 3.8) is 0 Å². The molecule has 182 valence electrons. The minimum absolute atomic E-state index is 0.0337. The molecule has 0 radical (unpaired) electrons. The highest BCUT2D eigenvalue weighted by molar-refractivity contribution is 7.09. The molecule has 1 aromatic rings. The molecular weight excluding hydrogens is 473 g/mol. The summed E-state index contributed by atoms with van der Waals surface area (Å²) in [5.74, 6) is -2.28. The van der Waals surface area contributed by atoms with Gasteiger partial charge in [0.05, 0.1) is 24.7 Å². The van der Waals surface area contributed by atoms with Gasteiger partial charge in [0.1, 0.15) is 5.01 Å². The molecule has 2 rings (SSSR count). The Kier molecular flexibility index (Phi) is 10.6. The van der Waals surface area contributed by atoms with Crippen molar-refractivity contribution in [2.24, 2.45) is 22.6 Å². The average molecular weight is 502 g/mol. The van der Waals surface area contributed by atoms with Crippen LogP contribution in [-0.2, 0) is 16.1 Å². The molecule has 0 aliphatic heterocycles. The topological polar surface area (TPSA) is 136 Å². The van der Waals surface area contributed by atoms with Crippen LogP contribution < -0.4 is 16.6 Å². The number of nitrogens with one attached hydrogen (secondary N) is 2. The SMILES string of the molecule is C=C(/C(F)=C(\N=C(/N)Cl)NNC(=O)[C@H](CC1CCCC1)CN(O)C=O)N(C)Cc1nccs1. The van der Waals surface area contributed by atoms with Crippen LogP contribution in [0.1, 0.15) is 37.1 Å². The number of hydroxylamine groups is 2. The lowest BCUT2D eigenvalue weighted by molar-refractivity contribution is -0.155. The molecule has 1 saturated carbocycles. The number of rotatable bonds is 13. The number of aromatic nitrogens is 1. The summed E-state index contributed by atoms with van der Waals surface area (Å²) in [5, 5.41) is 12.1. The molecule has 5 N–H and O–H groups in total. The maximum absolute atomic E-state index is 15.1. The number of hydrazine groups is 1. The van der Waals surface area contributed by atoms with E-state index in [1.54, 1.807) is 18.6 Å². The number of nitrogens with two attached hydrogens (primary N) is 1. The van der Waals surface area contributed by atoms with Gasteiger partial charge in [-0.2, -0.15) is 4.99 Å². The molecule has 2 amide bonds. The molecular formula is C20H29ClFN7O3S. The third-order valence-corrected chi connectivity index (χ3v) is 6.14. The number of carbonyl (C=O) groups excluding carboxylic acids is 2. The molecule has 1 atom stereocenters. The van der Waals surface area contributed by atoms with Gasteiger partial charge in [0.15, 0.2) is 16.9 Å². The van der Waals surface area contributed by atoms with Crippen LogP contribution in [0.4, 0.5) is 4.39 Å². The zero-order chi connectivity index (χ0) is 24.4. The standard InChI is InChI=1S/C20H29ClFN7O3S/c1-13(28(2)11-16-24-7-8-33-16)17(22)18(25-20(21)23)26-27-19(31)15(10-29(32)12-30)9-14-5-3-4-6-14/h7-8,12,14-15,26,32H,1,3-6,9-11H2,2H3,(H2,23,25)(H,27,31)/b18-17-/t15-/m1/s1. The van der Waals surface area contributed by atoms with E-state index in [1.165, 1.54) is 16.2 Å². The van der Waals surface area contributed by atoms with Gasteiger partial charge in [-0.1, -0.05) is 32.3 Å². The van der Waals surface area contributed by atoms with Crippen molar-refractivity contribution in [3.05, 3.63) is 40.5 Å². The van der Waals surface area contributed by atoms with Crippen molar-refractivity contribution in [2.75, 3.05) is 13.6 Å². The van der Waals surface area contributed by atoms with Gasteiger partial charge in [-0.3, -0.25) is 25.6 Å². The summed E-state index contributed by atoms with van der Waals surface area (Å²) in [6.07, 6.45) is 6.45. The Morgan fingerprint density at radius 1 is 1.52 bits per heavy atom. The van der Waals surface area contributed by atoms with Gasteiger partial charge in [0, 0.05) is 18.6 Å². The van der Waals surface area contributed by atoms with E-state index in [4.69, 9.17) is 17.3 Å². The first-order valence-corrected chi connectivity index (χ1v) is 11.6. The normalized spacial score (nSPS) is 16.1. The second-order valence-corrected chi connectivity index (χ2v) is 9.12. The first kappa shape index (κ1) is 26.6. The first-order valence-electron chi connectivity index (χ1n) is 10.4. The number of allylic oxidation sites excluding steroid dienone is 1. The third-order valence-electron chi connectivity index (χ3n) is 5.29. The molecule has 1 fully saturated rings. The van der Waals surface area contributed by atoms with Gasteiger partial charge < -0.3 is 10.6 Å². The summed E-state index contributed by atoms with van der Waals surface area (Å²) < 4.78 is 15.1. The Bertz CT molecular complexity index is 871. The van der Waals surface area contributed by atoms with E-state index in [0.29, 0.717) is 23.9 Å². The van der Waals surface area contributed by atoms with Crippen LogP contribution in [0.15, 0.2) is 40.5 Å². The summed E-state index contributed by atoms with van der Waals surface area (Å²) in [5.41, 5.74) is 10.2. The number of aliphatic imine (C=N–C) groups is 1. The Labute approximate surface area is 200 Å². The quantitative estimate of drug-likeness (QED) is 0.0619. The van der Waals surface area contributed by atoms with Crippen molar-refractivity contribution in [1.29, 1.82) is 0 Å². The highest BCUT2D eigenvalue weighted by Crippen LogP contribution is 2.30. The predicted octanol–water partition coefficient (Wildman–Crippen LogP) is 2.45. The summed E-state index contributed by atoms with van der Waals surface area (Å²) in [6, 6.07) is 0. The minimum atomic E-state index is -0.887. The first-order chi connectivity index (χ1) is 15.7. The summed E-state index contributed by atoms with van der Waals surface area (Å²) >= 11 is 7.05. The minimum Gasteiger partial charge on any atom is -0.374 e. The summed E-state index contributed by atoms with van der Waals surface area (Å²) in [6.45, 7) is 3.85. The number of thiazole rings is 1. The smallest absolute Gasteiger partial charge is 0.243 e. The highest BCUT2D eigenvalue weighted by atomic mass is 35.5. The van der Waals surface area contributed by atoms with Crippen LogP contribution in [-0.4, -0.2) is 51.4 Å². The molecule has 0 aromatic carbocycles. The number of halogens is 2. The van der Waals surface area contributed by atoms with Gasteiger partial charge in [-0.05, 0) is 23.9 Å². The van der Waals surface area contributed by atoms with Gasteiger partial charge >= 0.3 is 0 Å². The van der Waals surface area contributed by atoms with E-state index in [-0.39, 0.29) is 18.7 Å². The Hall–Kier alpha value is -2.70. The van der Waals surface area contributed by atoms with Gasteiger partial charge in [-0.15, -0.1) is 11.3 Å². The number of amides is 2. The summed E-state index contributed by atoms with van der Waals surface area (Å²) in [4.78, 5) is 33.0. The highest BCUT2D eigenvalue weighted by Gasteiger charge is 2.27. The molecule has 13 heteroatoms. The van der Waals surface area contributed by atoms with Gasteiger partial charge in [0.2, 0.25) is 12.3 Å². The van der Waals surface area contributed by atoms with Gasteiger partial charge in [-0.25, -0.2) is 14.4 Å². The van der Waals surface area contributed by atoms with Crippen LogP contribution in [0, 0.1) is 11.8 Å². The van der Waals surface area contributed by atoms with Crippen molar-refractivity contribution in [3.8, 4) is 0 Å². The number of carbonyl (C=O) groups is 2. The Balaban J connectivity index is 2.11. The molecule has 10 nitrogen and oxygen atoms in total. The Morgan fingerprint density at radius 3 is 2.79 bits per heavy atom. The van der Waals surface area contributed by atoms with Crippen LogP contribution in [0.3, 0.4) is 0 Å². The van der Waals surface area contributed by atoms with Crippen LogP contribution in [0.2, 0.25) is 0 Å². The van der Waals surface area contributed by atoms with E-state index < -0.39 is 28.8 Å². The lowest BCUT2D eigenvalue weighted by Gasteiger charge is -2.23. The van der Waals surface area contributed by atoms with Gasteiger partial charge in [0.25, 0.3) is 0 Å². The molecule has 33 heavy (non-hydrogen) atoms. The number of nitrogens with zero attached hydrogens (tertiary/aromatic N) is 4. The maximum atomic E-state index is 15.1. The van der Waals surface area contributed by atoms with E-state index in [2.05, 4.69) is 27.4 Å². The Morgan fingerprint density at radius 2 is 2.21 bits per heavy atom. The zero-order valence-corrected chi connectivity index (χ0v) is 19.9. The zero-order valence-electron chi connectivity index (χ0n) is 18.3. The monoisotopic (exact) mass is 501 g/mol. The average Bonchev–Trinajstić information content (AvgIpc) is 3.48. The molecule has 0 unspecified atom stereocenters. The van der Waals surface area contributed by atoms with Crippen LogP contribution in [0.5, 0.6) is 0 Å². The van der Waals surface area contributed by atoms with Crippen molar-refractivity contribution in [2.45, 2.75) is 38.6 Å². The second-order valence-electron chi connectivity index (χ2n) is 7.75. The van der Waals surface area contributed by atoms with Crippen LogP contribution in [0.25, 0.3) is 0 Å². The molecule has 0 saturated heterocycles. The van der Waals surface area contributed by atoms with E-state index in [0.717, 1.165) is 30.7 Å². The number of amidine groups is 1. The second kappa shape index (κ2) is 13.1. The van der Waals surface area contributed by atoms with Crippen molar-refractivity contribution >= 4 is 40.5 Å². The molecule has 1 aliphatic rings. The third kappa shape index (κ3) is 8.63. The van der Waals surface area contributed by atoms with Crippen LogP contribution >= 0.6 is 22.9 Å². The fraction of sp³-hybridized carbons (Fsp3) is 0.500. The lowest BCUT2D eigenvalue weighted by atomic mass is 9.92. The molecule has 1 aromatic heterocycles. The molecule has 1 aliphatic carbocycles. The lowest BCUT2D eigenvalue weighted by Crippen LogP contribution is -2.44. The van der Waals surface area contributed by atoms with E-state index in [1.807, 2.05) is 0 Å². The fourth-order valence-electron chi connectivity index (χ4n) is 3.58. The summed E-state index contributed by atoms with van der Waals surface area (Å²) in [7, 11) is 1.63. The molecule has 0 bridgehead atoms. The number of hydrogen-bond donors (Lipinski definition) is 4. The predicted molar refractivity (Wildman–Crippen MR) is 124 cm³/mol. The molecule has 0 spiro atoms. The maximum Gasteiger partial charge on any atom is 0.243 e. The van der Waals surface area contributed by atoms with E-state index in [9.17, 15) is 14.8 Å². The van der Waals surface area contributed by atoms with Crippen molar-refractivity contribution < 1.29 is 19.2 Å². The van der Waals surface area contributed by atoms with Crippen molar-refractivity contribution in [1.82, 2.24) is 25.8 Å².